The molecule has 1 unspecified atom stereocenters. The van der Waals surface area contributed by atoms with Crippen molar-refractivity contribution in [1.29, 1.82) is 0 Å². The monoisotopic (exact) mass is 254 g/mol. The standard InChI is InChI=1S/C14H26N2O2/c1-11(2)16(8-9-18-3)13(17)12-10-14(12)4-6-15-7-5-14/h11-12,15H,4-10H2,1-3H3. The van der Waals surface area contributed by atoms with Gasteiger partial charge in [0.2, 0.25) is 5.91 Å². The van der Waals surface area contributed by atoms with Crippen LogP contribution in [0, 0.1) is 11.3 Å². The molecule has 1 spiro atoms. The van der Waals surface area contributed by atoms with Gasteiger partial charge in [-0.3, -0.25) is 4.79 Å². The van der Waals surface area contributed by atoms with E-state index in [1.807, 2.05) is 4.90 Å². The number of carbonyl (C=O) groups excluding carboxylic acids is 1. The van der Waals surface area contributed by atoms with Crippen molar-refractivity contribution < 1.29 is 9.53 Å². The molecule has 0 aromatic carbocycles. The molecule has 4 heteroatoms. The summed E-state index contributed by atoms with van der Waals surface area (Å²) >= 11 is 0. The fourth-order valence-electron chi connectivity index (χ4n) is 3.19. The Morgan fingerprint density at radius 3 is 2.67 bits per heavy atom. The number of nitrogens with one attached hydrogen (secondary N) is 1. The lowest BCUT2D eigenvalue weighted by molar-refractivity contribution is -0.136. The summed E-state index contributed by atoms with van der Waals surface area (Å²) in [5, 5.41) is 3.38. The first-order valence-electron chi connectivity index (χ1n) is 7.11. The van der Waals surface area contributed by atoms with Crippen molar-refractivity contribution in [1.82, 2.24) is 10.2 Å². The zero-order valence-electron chi connectivity index (χ0n) is 11.9. The zero-order valence-corrected chi connectivity index (χ0v) is 11.9. The largest absolute Gasteiger partial charge is 0.383 e. The average Bonchev–Trinajstić information content (AvgIpc) is 3.03. The molecule has 1 saturated heterocycles. The number of rotatable bonds is 5. The van der Waals surface area contributed by atoms with Crippen LogP contribution in [0.15, 0.2) is 0 Å². The Hall–Kier alpha value is -0.610. The lowest BCUT2D eigenvalue weighted by Crippen LogP contribution is -2.42. The van der Waals surface area contributed by atoms with E-state index in [-0.39, 0.29) is 12.0 Å². The number of amides is 1. The molecular weight excluding hydrogens is 228 g/mol. The Morgan fingerprint density at radius 2 is 2.11 bits per heavy atom. The molecule has 1 atom stereocenters. The molecule has 18 heavy (non-hydrogen) atoms. The van der Waals surface area contributed by atoms with E-state index < -0.39 is 0 Å². The van der Waals surface area contributed by atoms with Gasteiger partial charge in [0.15, 0.2) is 0 Å². The zero-order chi connectivity index (χ0) is 13.2. The lowest BCUT2D eigenvalue weighted by Gasteiger charge is -2.29. The number of hydrogen-bond donors (Lipinski definition) is 1. The molecule has 1 aliphatic heterocycles. The van der Waals surface area contributed by atoms with Gasteiger partial charge in [0.1, 0.15) is 0 Å². The highest BCUT2D eigenvalue weighted by Crippen LogP contribution is 2.59. The summed E-state index contributed by atoms with van der Waals surface area (Å²) in [6.07, 6.45) is 3.43. The van der Waals surface area contributed by atoms with Crippen LogP contribution in [0.3, 0.4) is 0 Å². The molecule has 1 heterocycles. The van der Waals surface area contributed by atoms with Gasteiger partial charge in [-0.25, -0.2) is 0 Å². The first-order chi connectivity index (χ1) is 8.60. The maximum Gasteiger partial charge on any atom is 0.226 e. The SMILES string of the molecule is COCCN(C(=O)C1CC12CCNCC2)C(C)C. The lowest BCUT2D eigenvalue weighted by atomic mass is 9.91. The first-order valence-corrected chi connectivity index (χ1v) is 7.11. The van der Waals surface area contributed by atoms with E-state index in [2.05, 4.69) is 19.2 Å². The van der Waals surface area contributed by atoms with Gasteiger partial charge in [-0.05, 0) is 51.6 Å². The minimum Gasteiger partial charge on any atom is -0.383 e. The van der Waals surface area contributed by atoms with Gasteiger partial charge in [0.25, 0.3) is 0 Å². The Balaban J connectivity index is 1.93. The van der Waals surface area contributed by atoms with Gasteiger partial charge < -0.3 is 15.0 Å². The number of carbonyl (C=O) groups is 1. The minimum absolute atomic E-state index is 0.270. The molecule has 1 aliphatic carbocycles. The molecular formula is C14H26N2O2. The Morgan fingerprint density at radius 1 is 1.44 bits per heavy atom. The molecule has 2 fully saturated rings. The third-order valence-corrected chi connectivity index (χ3v) is 4.53. The minimum atomic E-state index is 0.270. The topological polar surface area (TPSA) is 41.6 Å². The van der Waals surface area contributed by atoms with Crippen LogP contribution in [0.1, 0.15) is 33.1 Å². The molecule has 104 valence electrons. The van der Waals surface area contributed by atoms with E-state index in [9.17, 15) is 4.79 Å². The van der Waals surface area contributed by atoms with Crippen LogP contribution >= 0.6 is 0 Å². The van der Waals surface area contributed by atoms with Crippen LogP contribution in [0.25, 0.3) is 0 Å². The van der Waals surface area contributed by atoms with Crippen LogP contribution in [0.5, 0.6) is 0 Å². The van der Waals surface area contributed by atoms with Crippen molar-refractivity contribution in [2.24, 2.45) is 11.3 Å². The van der Waals surface area contributed by atoms with Crippen LogP contribution in [0.4, 0.5) is 0 Å². The number of ether oxygens (including phenoxy) is 1. The van der Waals surface area contributed by atoms with Gasteiger partial charge in [-0.1, -0.05) is 0 Å². The van der Waals surface area contributed by atoms with E-state index in [0.717, 1.165) is 26.1 Å². The van der Waals surface area contributed by atoms with Crippen molar-refractivity contribution in [3.05, 3.63) is 0 Å². The molecule has 0 aromatic heterocycles. The van der Waals surface area contributed by atoms with Crippen molar-refractivity contribution in [2.45, 2.75) is 39.2 Å². The van der Waals surface area contributed by atoms with Crippen LogP contribution in [0.2, 0.25) is 0 Å². The maximum absolute atomic E-state index is 12.6. The van der Waals surface area contributed by atoms with Crippen molar-refractivity contribution >= 4 is 5.91 Å². The van der Waals surface area contributed by atoms with Gasteiger partial charge in [0.05, 0.1) is 6.61 Å². The highest BCUT2D eigenvalue weighted by atomic mass is 16.5. The van der Waals surface area contributed by atoms with Crippen LogP contribution < -0.4 is 5.32 Å². The van der Waals surface area contributed by atoms with Crippen molar-refractivity contribution in [3.8, 4) is 0 Å². The summed E-state index contributed by atoms with van der Waals surface area (Å²) in [5.74, 6) is 0.628. The predicted molar refractivity (Wildman–Crippen MR) is 71.4 cm³/mol. The molecule has 1 saturated carbocycles. The van der Waals surface area contributed by atoms with E-state index in [1.54, 1.807) is 7.11 Å². The fraction of sp³-hybridized carbons (Fsp3) is 0.929. The first kappa shape index (κ1) is 13.8. The number of methoxy groups -OCH3 is 1. The molecule has 0 bridgehead atoms. The summed E-state index contributed by atoms with van der Waals surface area (Å²) in [6.45, 7) is 7.67. The van der Waals surface area contributed by atoms with E-state index >= 15 is 0 Å². The third-order valence-electron chi connectivity index (χ3n) is 4.53. The second-order valence-electron chi connectivity index (χ2n) is 5.99. The smallest absolute Gasteiger partial charge is 0.226 e. The highest BCUT2D eigenvalue weighted by Gasteiger charge is 2.58. The predicted octanol–water partition coefficient (Wildman–Crippen LogP) is 1.26. The second-order valence-corrected chi connectivity index (χ2v) is 5.99. The van der Waals surface area contributed by atoms with E-state index in [0.29, 0.717) is 17.9 Å². The normalized spacial score (nSPS) is 25.4. The average molecular weight is 254 g/mol. The summed E-state index contributed by atoms with van der Waals surface area (Å²) in [4.78, 5) is 14.6. The highest BCUT2D eigenvalue weighted by molar-refractivity contribution is 5.83. The van der Waals surface area contributed by atoms with Gasteiger partial charge in [0, 0.05) is 25.6 Å². The van der Waals surface area contributed by atoms with E-state index in [4.69, 9.17) is 4.74 Å². The van der Waals surface area contributed by atoms with Crippen molar-refractivity contribution in [2.75, 3.05) is 33.4 Å². The van der Waals surface area contributed by atoms with Gasteiger partial charge >= 0.3 is 0 Å². The molecule has 1 N–H and O–H groups in total. The summed E-state index contributed by atoms with van der Waals surface area (Å²) in [5.41, 5.74) is 0.336. The van der Waals surface area contributed by atoms with Crippen LogP contribution in [-0.2, 0) is 9.53 Å². The quantitative estimate of drug-likeness (QED) is 0.803. The molecule has 2 rings (SSSR count). The maximum atomic E-state index is 12.6. The number of nitrogens with zero attached hydrogens (tertiary/aromatic N) is 1. The van der Waals surface area contributed by atoms with E-state index in [1.165, 1.54) is 12.8 Å². The fourth-order valence-corrected chi connectivity index (χ4v) is 3.19. The van der Waals surface area contributed by atoms with Crippen LogP contribution in [-0.4, -0.2) is 50.2 Å². The molecule has 1 amide bonds. The number of hydrogen-bond acceptors (Lipinski definition) is 3. The number of piperidine rings is 1. The Labute approximate surface area is 110 Å². The van der Waals surface area contributed by atoms with Crippen molar-refractivity contribution in [3.63, 3.8) is 0 Å². The molecule has 0 radical (unpaired) electrons. The Bertz CT molecular complexity index is 298. The second kappa shape index (κ2) is 5.57. The molecule has 0 aromatic rings. The molecule has 4 nitrogen and oxygen atoms in total. The van der Waals surface area contributed by atoms with Gasteiger partial charge in [-0.2, -0.15) is 0 Å². The summed E-state index contributed by atoms with van der Waals surface area (Å²) in [6, 6.07) is 0.270. The third kappa shape index (κ3) is 2.69. The Kier molecular flexibility index (Phi) is 4.28. The molecule has 2 aliphatic rings. The summed E-state index contributed by atoms with van der Waals surface area (Å²) in [7, 11) is 1.69. The summed E-state index contributed by atoms with van der Waals surface area (Å²) < 4.78 is 5.11. The van der Waals surface area contributed by atoms with Gasteiger partial charge in [-0.15, -0.1) is 0 Å².